The van der Waals surface area contributed by atoms with Gasteiger partial charge in [-0.3, -0.25) is 4.90 Å². The van der Waals surface area contributed by atoms with Gasteiger partial charge >= 0.3 is 5.97 Å². The van der Waals surface area contributed by atoms with E-state index in [0.29, 0.717) is 17.3 Å². The van der Waals surface area contributed by atoms with Gasteiger partial charge in [-0.2, -0.15) is 0 Å². The molecule has 0 unspecified atom stereocenters. The van der Waals surface area contributed by atoms with Crippen molar-refractivity contribution in [2.45, 2.75) is 26.8 Å². The molecule has 6 heteroatoms. The van der Waals surface area contributed by atoms with Crippen molar-refractivity contribution < 1.29 is 14.3 Å². The fourth-order valence-corrected chi connectivity index (χ4v) is 3.84. The Bertz CT molecular complexity index is 955. The summed E-state index contributed by atoms with van der Waals surface area (Å²) in [6, 6.07) is 15.7. The average molecular weight is 411 g/mol. The number of esters is 1. The summed E-state index contributed by atoms with van der Waals surface area (Å²) in [6.45, 7) is 6.50. The molecule has 1 heterocycles. The molecule has 0 saturated heterocycles. The molecule has 5 nitrogen and oxygen atoms in total. The molecule has 1 aliphatic rings. The Hall–Kier alpha value is -2.70. The van der Waals surface area contributed by atoms with Gasteiger partial charge in [0.2, 0.25) is 0 Å². The van der Waals surface area contributed by atoms with Crippen LogP contribution in [0.25, 0.3) is 0 Å². The number of rotatable bonds is 6. The first-order chi connectivity index (χ1) is 13.9. The fourth-order valence-electron chi connectivity index (χ4n) is 3.48. The molecule has 0 radical (unpaired) electrons. The summed E-state index contributed by atoms with van der Waals surface area (Å²) in [4.78, 5) is 14.9. The van der Waals surface area contributed by atoms with Crippen molar-refractivity contribution >= 4 is 29.0 Å². The zero-order valence-electron chi connectivity index (χ0n) is 17.2. The smallest absolute Gasteiger partial charge is 0.338 e. The van der Waals surface area contributed by atoms with Crippen LogP contribution in [0.15, 0.2) is 59.8 Å². The van der Waals surface area contributed by atoms with Gasteiger partial charge < -0.3 is 14.8 Å². The molecule has 0 spiro atoms. The highest BCUT2D eigenvalue weighted by molar-refractivity contribution is 7.80. The number of hydrogen-bond acceptors (Lipinski definition) is 4. The number of nitrogens with zero attached hydrogens (tertiary/aromatic N) is 1. The van der Waals surface area contributed by atoms with E-state index < -0.39 is 0 Å². The highest BCUT2D eigenvalue weighted by atomic mass is 32.1. The van der Waals surface area contributed by atoms with Crippen LogP contribution in [0, 0.1) is 13.8 Å². The quantitative estimate of drug-likeness (QED) is 0.438. The van der Waals surface area contributed by atoms with E-state index in [1.165, 1.54) is 0 Å². The number of carbonyl (C=O) groups excluding carboxylic acids is 1. The number of hydrogen-bond donors (Lipinski definition) is 1. The van der Waals surface area contributed by atoms with Crippen molar-refractivity contribution in [1.29, 1.82) is 0 Å². The maximum Gasteiger partial charge on any atom is 0.338 e. The number of allylic oxidation sites excluding steroid dienone is 1. The van der Waals surface area contributed by atoms with E-state index in [1.807, 2.05) is 68.1 Å². The topological polar surface area (TPSA) is 50.8 Å². The van der Waals surface area contributed by atoms with E-state index in [0.717, 1.165) is 28.1 Å². The maximum atomic E-state index is 13.1. The average Bonchev–Trinajstić information content (AvgIpc) is 2.67. The van der Waals surface area contributed by atoms with Crippen LogP contribution in [-0.4, -0.2) is 31.4 Å². The van der Waals surface area contributed by atoms with Crippen molar-refractivity contribution in [3.8, 4) is 0 Å². The van der Waals surface area contributed by atoms with Gasteiger partial charge in [-0.1, -0.05) is 42.0 Å². The van der Waals surface area contributed by atoms with Gasteiger partial charge in [0.15, 0.2) is 5.11 Å². The molecule has 0 fully saturated rings. The summed E-state index contributed by atoms with van der Waals surface area (Å²) in [5, 5.41) is 3.90. The molecule has 0 saturated carbocycles. The molecule has 2 aromatic rings. The molecule has 3 rings (SSSR count). The molecular weight excluding hydrogens is 384 g/mol. The normalized spacial score (nSPS) is 16.6. The maximum absolute atomic E-state index is 13.1. The van der Waals surface area contributed by atoms with Crippen LogP contribution in [0.3, 0.4) is 0 Å². The second-order valence-electron chi connectivity index (χ2n) is 7.10. The molecule has 152 valence electrons. The van der Waals surface area contributed by atoms with E-state index in [4.69, 9.17) is 21.7 Å². The van der Waals surface area contributed by atoms with Gasteiger partial charge in [-0.15, -0.1) is 0 Å². The van der Waals surface area contributed by atoms with Gasteiger partial charge in [0, 0.05) is 18.5 Å². The Morgan fingerprint density at radius 3 is 2.41 bits per heavy atom. The zero-order valence-corrected chi connectivity index (χ0v) is 18.0. The summed E-state index contributed by atoms with van der Waals surface area (Å²) in [6.07, 6.45) is 0. The minimum Gasteiger partial charge on any atom is -0.460 e. The van der Waals surface area contributed by atoms with Crippen molar-refractivity contribution in [1.82, 2.24) is 5.32 Å². The first kappa shape index (κ1) is 21.0. The Morgan fingerprint density at radius 1 is 1.07 bits per heavy atom. The molecule has 1 N–H and O–H groups in total. The number of methoxy groups -OCH3 is 1. The number of carbonyl (C=O) groups is 1. The monoisotopic (exact) mass is 410 g/mol. The summed E-state index contributed by atoms with van der Waals surface area (Å²) in [5.74, 6) is -0.376. The molecule has 1 atom stereocenters. The first-order valence-corrected chi connectivity index (χ1v) is 9.94. The SMILES string of the molecule is COCCOC(=O)C1=C(C)N(c2cccc(C)c2)C(=S)N[C@H]1c1cccc(C)c1. The molecule has 0 amide bonds. The van der Waals surface area contributed by atoms with E-state index >= 15 is 0 Å². The van der Waals surface area contributed by atoms with Crippen molar-refractivity contribution in [2.75, 3.05) is 25.2 Å². The molecule has 1 aliphatic heterocycles. The lowest BCUT2D eigenvalue weighted by Gasteiger charge is -2.37. The Balaban J connectivity index is 2.08. The number of thiocarbonyl (C=S) groups is 1. The zero-order chi connectivity index (χ0) is 21.0. The first-order valence-electron chi connectivity index (χ1n) is 9.53. The lowest BCUT2D eigenvalue weighted by atomic mass is 9.93. The number of ether oxygens (including phenoxy) is 2. The standard InChI is InChI=1S/C23H26N2O3S/c1-15-7-5-9-18(13-15)21-20(22(26)28-12-11-27-4)17(3)25(23(29)24-21)19-10-6-8-16(2)14-19/h5-10,13-14,21H,11-12H2,1-4H3,(H,24,29)/t21-/m0/s1. The van der Waals surface area contributed by atoms with Crippen LogP contribution in [0.5, 0.6) is 0 Å². The second kappa shape index (κ2) is 9.20. The lowest BCUT2D eigenvalue weighted by molar-refractivity contribution is -0.140. The summed E-state index contributed by atoms with van der Waals surface area (Å²) in [7, 11) is 1.58. The number of nitrogens with one attached hydrogen (secondary N) is 1. The third-order valence-corrected chi connectivity index (χ3v) is 5.16. The third kappa shape index (κ3) is 4.66. The molecule has 0 aliphatic carbocycles. The molecular formula is C23H26N2O3S. The third-order valence-electron chi connectivity index (χ3n) is 4.86. The van der Waals surface area contributed by atoms with Crippen molar-refractivity contribution in [3.05, 3.63) is 76.5 Å². The van der Waals surface area contributed by atoms with Crippen molar-refractivity contribution in [2.24, 2.45) is 0 Å². The van der Waals surface area contributed by atoms with Crippen LogP contribution in [0.2, 0.25) is 0 Å². The predicted molar refractivity (Wildman–Crippen MR) is 119 cm³/mol. The lowest BCUT2D eigenvalue weighted by Crippen LogP contribution is -2.48. The van der Waals surface area contributed by atoms with Crippen LogP contribution in [-0.2, 0) is 14.3 Å². The van der Waals surface area contributed by atoms with Gasteiger partial charge in [0.05, 0.1) is 18.2 Å². The molecule has 2 aromatic carbocycles. The fraction of sp³-hybridized carbons (Fsp3) is 0.304. The summed E-state index contributed by atoms with van der Waals surface area (Å²) in [5.41, 5.74) is 5.40. The number of benzene rings is 2. The highest BCUT2D eigenvalue weighted by Crippen LogP contribution is 2.34. The van der Waals surface area contributed by atoms with E-state index in [1.54, 1.807) is 7.11 Å². The Kier molecular flexibility index (Phi) is 6.67. The highest BCUT2D eigenvalue weighted by Gasteiger charge is 2.35. The number of aryl methyl sites for hydroxylation is 2. The summed E-state index contributed by atoms with van der Waals surface area (Å²) >= 11 is 5.69. The van der Waals surface area contributed by atoms with Crippen LogP contribution < -0.4 is 10.2 Å². The van der Waals surface area contributed by atoms with Gasteiger partial charge in [0.1, 0.15) is 6.61 Å². The Labute approximate surface area is 177 Å². The largest absolute Gasteiger partial charge is 0.460 e. The Morgan fingerprint density at radius 2 is 1.76 bits per heavy atom. The minimum absolute atomic E-state index is 0.196. The van der Waals surface area contributed by atoms with Gasteiger partial charge in [0.25, 0.3) is 0 Å². The van der Waals surface area contributed by atoms with E-state index in [2.05, 4.69) is 11.4 Å². The second-order valence-corrected chi connectivity index (χ2v) is 7.49. The van der Waals surface area contributed by atoms with E-state index in [9.17, 15) is 4.79 Å². The van der Waals surface area contributed by atoms with Crippen LogP contribution in [0.4, 0.5) is 5.69 Å². The minimum atomic E-state index is -0.376. The summed E-state index contributed by atoms with van der Waals surface area (Å²) < 4.78 is 10.5. The predicted octanol–water partition coefficient (Wildman–Crippen LogP) is 4.20. The number of anilines is 1. The van der Waals surface area contributed by atoms with Crippen LogP contribution in [0.1, 0.15) is 29.7 Å². The van der Waals surface area contributed by atoms with Crippen LogP contribution >= 0.6 is 12.2 Å². The molecule has 29 heavy (non-hydrogen) atoms. The van der Waals surface area contributed by atoms with Gasteiger partial charge in [-0.25, -0.2) is 4.79 Å². The van der Waals surface area contributed by atoms with E-state index in [-0.39, 0.29) is 18.6 Å². The molecule has 0 bridgehead atoms. The van der Waals surface area contributed by atoms with Gasteiger partial charge in [-0.05, 0) is 56.2 Å². The molecule has 0 aromatic heterocycles. The van der Waals surface area contributed by atoms with Crippen molar-refractivity contribution in [3.63, 3.8) is 0 Å².